The first kappa shape index (κ1) is 11.5. The molecule has 3 heteroatoms. The minimum atomic E-state index is 0.619. The number of hydrogen-bond acceptors (Lipinski definition) is 3. The zero-order chi connectivity index (χ0) is 12.8. The van der Waals surface area contributed by atoms with Crippen LogP contribution in [0.15, 0.2) is 28.7 Å². The molecule has 3 aliphatic heterocycles. The molecule has 100 valence electrons. The molecule has 3 fully saturated rings. The summed E-state index contributed by atoms with van der Waals surface area (Å²) >= 11 is 0. The van der Waals surface area contributed by atoms with Gasteiger partial charge in [0.15, 0.2) is 0 Å². The van der Waals surface area contributed by atoms with Gasteiger partial charge in [0, 0.05) is 30.9 Å². The third-order valence-corrected chi connectivity index (χ3v) is 4.76. The molecule has 0 amide bonds. The van der Waals surface area contributed by atoms with Gasteiger partial charge in [0.1, 0.15) is 11.3 Å². The SMILES string of the molecule is Cc1cc2c(C3CNN4CCC3CC4)cccc2o1. The smallest absolute Gasteiger partial charge is 0.134 e. The van der Waals surface area contributed by atoms with E-state index in [0.29, 0.717) is 5.92 Å². The first-order valence-electron chi connectivity index (χ1n) is 7.29. The number of nitrogens with zero attached hydrogens (tertiary/aromatic N) is 1. The molecular formula is C16H20N2O. The van der Waals surface area contributed by atoms with Gasteiger partial charge in [-0.1, -0.05) is 12.1 Å². The largest absolute Gasteiger partial charge is 0.461 e. The number of aryl methyl sites for hydroxylation is 1. The first-order chi connectivity index (χ1) is 9.31. The standard InChI is InChI=1S/C16H20N2O/c1-11-9-14-13(3-2-4-16(14)19-11)15-10-17-18-7-5-12(15)6-8-18/h2-4,9,12,15,17H,5-8,10H2,1H3. The summed E-state index contributed by atoms with van der Waals surface area (Å²) in [5.74, 6) is 2.44. The Morgan fingerprint density at radius 2 is 2.11 bits per heavy atom. The van der Waals surface area contributed by atoms with E-state index in [-0.39, 0.29) is 0 Å². The molecule has 2 bridgehead atoms. The molecule has 2 aromatic rings. The van der Waals surface area contributed by atoms with E-state index in [1.54, 1.807) is 0 Å². The van der Waals surface area contributed by atoms with Crippen LogP contribution in [-0.2, 0) is 0 Å². The molecule has 5 rings (SSSR count). The van der Waals surface area contributed by atoms with Gasteiger partial charge in [0.25, 0.3) is 0 Å². The van der Waals surface area contributed by atoms with Crippen molar-refractivity contribution in [1.29, 1.82) is 0 Å². The van der Waals surface area contributed by atoms with Gasteiger partial charge in [-0.25, -0.2) is 5.01 Å². The fraction of sp³-hybridized carbons (Fsp3) is 0.500. The molecule has 1 aromatic carbocycles. The van der Waals surface area contributed by atoms with Crippen LogP contribution in [0.4, 0.5) is 0 Å². The molecule has 3 aliphatic rings. The van der Waals surface area contributed by atoms with E-state index in [1.807, 2.05) is 6.92 Å². The van der Waals surface area contributed by atoms with Crippen LogP contribution in [0.25, 0.3) is 11.0 Å². The number of fused-ring (bicyclic) bond motifs is 5. The van der Waals surface area contributed by atoms with E-state index in [0.717, 1.165) is 23.8 Å². The summed E-state index contributed by atoms with van der Waals surface area (Å²) in [4.78, 5) is 0. The zero-order valence-electron chi connectivity index (χ0n) is 11.4. The zero-order valence-corrected chi connectivity index (χ0v) is 11.4. The molecule has 1 atom stereocenters. The molecule has 1 aromatic heterocycles. The van der Waals surface area contributed by atoms with E-state index in [2.05, 4.69) is 34.7 Å². The minimum Gasteiger partial charge on any atom is -0.461 e. The summed E-state index contributed by atoms with van der Waals surface area (Å²) in [6.07, 6.45) is 2.62. The van der Waals surface area contributed by atoms with Crippen LogP contribution in [0.2, 0.25) is 0 Å². The van der Waals surface area contributed by atoms with Crippen molar-refractivity contribution in [2.75, 3.05) is 19.6 Å². The van der Waals surface area contributed by atoms with Crippen LogP contribution in [0.3, 0.4) is 0 Å². The Labute approximate surface area is 113 Å². The van der Waals surface area contributed by atoms with Crippen LogP contribution in [0.1, 0.15) is 30.1 Å². The summed E-state index contributed by atoms with van der Waals surface area (Å²) in [5, 5.41) is 3.70. The van der Waals surface area contributed by atoms with Gasteiger partial charge >= 0.3 is 0 Å². The highest BCUT2D eigenvalue weighted by Crippen LogP contribution is 2.38. The van der Waals surface area contributed by atoms with Gasteiger partial charge in [-0.15, -0.1) is 0 Å². The maximum atomic E-state index is 5.78. The van der Waals surface area contributed by atoms with Crippen molar-refractivity contribution in [1.82, 2.24) is 10.4 Å². The fourth-order valence-electron chi connectivity index (χ4n) is 3.75. The number of rotatable bonds is 1. The lowest BCUT2D eigenvalue weighted by atomic mass is 9.80. The average Bonchev–Trinajstić information content (AvgIpc) is 2.60. The molecule has 1 unspecified atom stereocenters. The highest BCUT2D eigenvalue weighted by molar-refractivity contribution is 5.82. The third-order valence-electron chi connectivity index (χ3n) is 4.76. The molecule has 19 heavy (non-hydrogen) atoms. The Balaban J connectivity index is 1.80. The maximum absolute atomic E-state index is 5.78. The molecule has 3 saturated heterocycles. The number of hydrazine groups is 1. The molecule has 0 aliphatic carbocycles. The van der Waals surface area contributed by atoms with Crippen LogP contribution < -0.4 is 5.43 Å². The Morgan fingerprint density at radius 1 is 1.26 bits per heavy atom. The van der Waals surface area contributed by atoms with Crippen molar-refractivity contribution >= 4 is 11.0 Å². The van der Waals surface area contributed by atoms with Crippen LogP contribution >= 0.6 is 0 Å². The van der Waals surface area contributed by atoms with Gasteiger partial charge in [-0.3, -0.25) is 5.43 Å². The Bertz CT molecular complexity index is 596. The Morgan fingerprint density at radius 3 is 2.95 bits per heavy atom. The predicted octanol–water partition coefficient (Wildman–Crippen LogP) is 3.06. The van der Waals surface area contributed by atoms with Crippen molar-refractivity contribution in [2.45, 2.75) is 25.7 Å². The maximum Gasteiger partial charge on any atom is 0.134 e. The van der Waals surface area contributed by atoms with Crippen molar-refractivity contribution in [3.8, 4) is 0 Å². The fourth-order valence-corrected chi connectivity index (χ4v) is 3.75. The van der Waals surface area contributed by atoms with Gasteiger partial charge in [0.2, 0.25) is 0 Å². The normalized spacial score (nSPS) is 30.7. The van der Waals surface area contributed by atoms with Crippen molar-refractivity contribution < 1.29 is 4.42 Å². The monoisotopic (exact) mass is 256 g/mol. The van der Waals surface area contributed by atoms with Crippen LogP contribution in [0, 0.1) is 12.8 Å². The second kappa shape index (κ2) is 4.36. The third kappa shape index (κ3) is 1.88. The lowest BCUT2D eigenvalue weighted by Crippen LogP contribution is -2.39. The van der Waals surface area contributed by atoms with E-state index >= 15 is 0 Å². The van der Waals surface area contributed by atoms with Crippen molar-refractivity contribution in [2.24, 2.45) is 5.92 Å². The summed E-state index contributed by atoms with van der Waals surface area (Å²) in [5.41, 5.74) is 6.10. The summed E-state index contributed by atoms with van der Waals surface area (Å²) < 4.78 is 5.78. The van der Waals surface area contributed by atoms with Gasteiger partial charge in [-0.2, -0.15) is 0 Å². The highest BCUT2D eigenvalue weighted by Gasteiger charge is 2.32. The molecule has 4 heterocycles. The lowest BCUT2D eigenvalue weighted by molar-refractivity contribution is 0.165. The van der Waals surface area contributed by atoms with Gasteiger partial charge < -0.3 is 4.42 Å². The number of furan rings is 1. The average molecular weight is 256 g/mol. The van der Waals surface area contributed by atoms with Crippen molar-refractivity contribution in [3.63, 3.8) is 0 Å². The summed E-state index contributed by atoms with van der Waals surface area (Å²) in [7, 11) is 0. The molecule has 0 radical (unpaired) electrons. The summed E-state index contributed by atoms with van der Waals surface area (Å²) in [6.45, 7) is 5.49. The van der Waals surface area contributed by atoms with Crippen LogP contribution in [-0.4, -0.2) is 24.6 Å². The van der Waals surface area contributed by atoms with E-state index in [1.165, 1.54) is 36.9 Å². The van der Waals surface area contributed by atoms with Gasteiger partial charge in [-0.05, 0) is 43.4 Å². The van der Waals surface area contributed by atoms with E-state index in [9.17, 15) is 0 Å². The first-order valence-corrected chi connectivity index (χ1v) is 7.29. The number of piperidine rings is 1. The van der Waals surface area contributed by atoms with Gasteiger partial charge in [0.05, 0.1) is 0 Å². The number of nitrogens with one attached hydrogen (secondary N) is 1. The lowest BCUT2D eigenvalue weighted by Gasteiger charge is -2.28. The molecular weight excluding hydrogens is 236 g/mol. The number of hydrogen-bond donors (Lipinski definition) is 1. The molecule has 0 spiro atoms. The molecule has 1 N–H and O–H groups in total. The summed E-state index contributed by atoms with van der Waals surface area (Å²) in [6, 6.07) is 8.70. The van der Waals surface area contributed by atoms with Crippen LogP contribution in [0.5, 0.6) is 0 Å². The number of benzene rings is 1. The van der Waals surface area contributed by atoms with Crippen molar-refractivity contribution in [3.05, 3.63) is 35.6 Å². The van der Waals surface area contributed by atoms with E-state index < -0.39 is 0 Å². The second-order valence-corrected chi connectivity index (χ2v) is 5.91. The topological polar surface area (TPSA) is 28.4 Å². The second-order valence-electron chi connectivity index (χ2n) is 5.91. The predicted molar refractivity (Wildman–Crippen MR) is 76.0 cm³/mol. The molecule has 0 saturated carbocycles. The quantitative estimate of drug-likeness (QED) is 0.850. The minimum absolute atomic E-state index is 0.619. The Kier molecular flexibility index (Phi) is 2.64. The highest BCUT2D eigenvalue weighted by atomic mass is 16.3. The van der Waals surface area contributed by atoms with E-state index in [4.69, 9.17) is 4.42 Å². The molecule has 3 nitrogen and oxygen atoms in total. The Hall–Kier alpha value is -1.32.